The number of ether oxygens (including phenoxy) is 2. The van der Waals surface area contributed by atoms with Crippen LogP contribution in [0, 0.1) is 0 Å². The third-order valence-corrected chi connectivity index (χ3v) is 8.31. The number of amides is 1. The quantitative estimate of drug-likeness (QED) is 0.595. The van der Waals surface area contributed by atoms with E-state index < -0.39 is 22.0 Å². The van der Waals surface area contributed by atoms with Crippen molar-refractivity contribution in [3.63, 3.8) is 0 Å². The minimum atomic E-state index is -3.94. The normalized spacial score (nSPS) is 16.4. The molecule has 2 heterocycles. The van der Waals surface area contributed by atoms with Gasteiger partial charge in [-0.25, -0.2) is 13.4 Å². The van der Waals surface area contributed by atoms with Crippen LogP contribution >= 0.6 is 23.1 Å². The second-order valence-electron chi connectivity index (χ2n) is 7.35. The van der Waals surface area contributed by atoms with Crippen molar-refractivity contribution in [3.05, 3.63) is 28.8 Å². The fraction of sp³-hybridized carbons (Fsp3) is 0.500. The number of hydrogen-bond acceptors (Lipinski definition) is 8. The molecule has 168 valence electrons. The average molecular weight is 484 g/mol. The van der Waals surface area contributed by atoms with Crippen molar-refractivity contribution in [2.75, 3.05) is 30.5 Å². The number of hydrogen-bond donors (Lipinski definition) is 2. The second kappa shape index (κ2) is 9.76. The molecule has 1 unspecified atom stereocenters. The van der Waals surface area contributed by atoms with Gasteiger partial charge in [0, 0.05) is 10.9 Å². The van der Waals surface area contributed by atoms with E-state index in [-0.39, 0.29) is 4.90 Å². The first kappa shape index (κ1) is 22.4. The van der Waals surface area contributed by atoms with Gasteiger partial charge in [-0.15, -0.1) is 11.3 Å². The van der Waals surface area contributed by atoms with Crippen molar-refractivity contribution >= 4 is 44.2 Å². The summed E-state index contributed by atoms with van der Waals surface area (Å²) in [6.45, 7) is 0.787. The summed E-state index contributed by atoms with van der Waals surface area (Å²) < 4.78 is 39.5. The minimum absolute atomic E-state index is 0.0309. The molecule has 1 atom stereocenters. The number of nitrogens with zero attached hydrogens (tertiary/aromatic N) is 1. The third kappa shape index (κ3) is 5.33. The fourth-order valence-corrected chi connectivity index (χ4v) is 6.29. The molecule has 1 aliphatic heterocycles. The molecule has 0 radical (unpaired) electrons. The Kier molecular flexibility index (Phi) is 7.05. The molecule has 2 aromatic rings. The lowest BCUT2D eigenvalue weighted by atomic mass is 10.0. The van der Waals surface area contributed by atoms with Crippen molar-refractivity contribution in [2.24, 2.45) is 0 Å². The van der Waals surface area contributed by atoms with Crippen molar-refractivity contribution in [1.82, 2.24) is 9.71 Å². The summed E-state index contributed by atoms with van der Waals surface area (Å²) in [5, 5.41) is 3.35. The highest BCUT2D eigenvalue weighted by atomic mass is 32.2. The van der Waals surface area contributed by atoms with E-state index in [9.17, 15) is 13.2 Å². The Balaban J connectivity index is 1.50. The van der Waals surface area contributed by atoms with Crippen LogP contribution in [0.2, 0.25) is 0 Å². The van der Waals surface area contributed by atoms with Crippen LogP contribution in [0.4, 0.5) is 5.13 Å². The number of thiazole rings is 1. The smallest absolute Gasteiger partial charge is 0.244 e. The first-order chi connectivity index (χ1) is 15.0. The van der Waals surface area contributed by atoms with Crippen LogP contribution in [0.5, 0.6) is 11.5 Å². The summed E-state index contributed by atoms with van der Waals surface area (Å²) in [5.41, 5.74) is 1.05. The van der Waals surface area contributed by atoms with E-state index in [0.717, 1.165) is 31.4 Å². The van der Waals surface area contributed by atoms with Gasteiger partial charge in [-0.05, 0) is 56.2 Å². The number of nitrogens with one attached hydrogen (secondary N) is 2. The van der Waals surface area contributed by atoms with Gasteiger partial charge in [0.05, 0.1) is 10.6 Å². The zero-order valence-electron chi connectivity index (χ0n) is 17.2. The lowest BCUT2D eigenvalue weighted by Crippen LogP contribution is -2.44. The summed E-state index contributed by atoms with van der Waals surface area (Å²) in [4.78, 5) is 18.7. The molecule has 0 saturated heterocycles. The number of aromatic nitrogens is 1. The number of carbonyl (C=O) groups is 1. The maximum absolute atomic E-state index is 13.0. The summed E-state index contributed by atoms with van der Waals surface area (Å²) in [6.07, 6.45) is 6.43. The predicted molar refractivity (Wildman–Crippen MR) is 122 cm³/mol. The number of anilines is 1. The Hall–Kier alpha value is -1.82. The van der Waals surface area contributed by atoms with Gasteiger partial charge in [0.2, 0.25) is 15.9 Å². The summed E-state index contributed by atoms with van der Waals surface area (Å²) in [5.74, 6) is 1.12. The summed E-state index contributed by atoms with van der Waals surface area (Å²) in [6, 6.07) is 3.54. The Morgan fingerprint density at radius 3 is 2.77 bits per heavy atom. The molecule has 0 saturated carbocycles. The van der Waals surface area contributed by atoms with E-state index in [1.165, 1.54) is 28.3 Å². The first-order valence-electron chi connectivity index (χ1n) is 10.2. The van der Waals surface area contributed by atoms with Gasteiger partial charge in [-0.1, -0.05) is 0 Å². The minimum Gasteiger partial charge on any atom is -0.486 e. The van der Waals surface area contributed by atoms with Crippen LogP contribution < -0.4 is 19.5 Å². The number of fused-ring (bicyclic) bond motifs is 2. The van der Waals surface area contributed by atoms with Crippen LogP contribution in [-0.2, 0) is 27.7 Å². The number of sulfonamides is 1. The van der Waals surface area contributed by atoms with Crippen molar-refractivity contribution < 1.29 is 22.7 Å². The van der Waals surface area contributed by atoms with Crippen LogP contribution in [0.1, 0.15) is 29.8 Å². The van der Waals surface area contributed by atoms with E-state index in [4.69, 9.17) is 9.47 Å². The van der Waals surface area contributed by atoms with Gasteiger partial charge in [0.1, 0.15) is 19.3 Å². The molecule has 2 N–H and O–H groups in total. The van der Waals surface area contributed by atoms with Gasteiger partial charge in [-0.2, -0.15) is 16.5 Å². The van der Waals surface area contributed by atoms with Crippen LogP contribution in [-0.4, -0.2) is 50.6 Å². The Bertz CT molecular complexity index is 1030. The third-order valence-electron chi connectivity index (χ3n) is 5.12. The van der Waals surface area contributed by atoms with E-state index in [2.05, 4.69) is 15.0 Å². The SMILES string of the molecule is CSCCC(NS(=O)(=O)c1ccc2c(c1)OCCO2)C(=O)Nc1nc2c(s1)CCCC2. The topological polar surface area (TPSA) is 107 Å². The van der Waals surface area contributed by atoms with Gasteiger partial charge < -0.3 is 14.8 Å². The maximum atomic E-state index is 13.0. The molecule has 0 fully saturated rings. The molecule has 1 aromatic heterocycles. The molecule has 31 heavy (non-hydrogen) atoms. The lowest BCUT2D eigenvalue weighted by Gasteiger charge is -2.20. The lowest BCUT2D eigenvalue weighted by molar-refractivity contribution is -0.117. The van der Waals surface area contributed by atoms with Gasteiger partial charge in [0.25, 0.3) is 0 Å². The predicted octanol–water partition coefficient (Wildman–Crippen LogP) is 2.83. The molecule has 0 spiro atoms. The Labute approximate surface area is 190 Å². The monoisotopic (exact) mass is 483 g/mol. The maximum Gasteiger partial charge on any atom is 0.244 e. The average Bonchev–Trinajstić information content (AvgIpc) is 3.18. The van der Waals surface area contributed by atoms with E-state index >= 15 is 0 Å². The van der Waals surface area contributed by atoms with Crippen LogP contribution in [0.15, 0.2) is 23.1 Å². The molecule has 1 aromatic carbocycles. The molecule has 11 heteroatoms. The van der Waals surface area contributed by atoms with Crippen molar-refractivity contribution in [1.29, 1.82) is 0 Å². The highest BCUT2D eigenvalue weighted by Gasteiger charge is 2.28. The number of carbonyl (C=O) groups excluding carboxylic acids is 1. The molecular formula is C20H25N3O5S3. The highest BCUT2D eigenvalue weighted by Crippen LogP contribution is 2.32. The second-order valence-corrected chi connectivity index (χ2v) is 11.1. The fourth-order valence-electron chi connectivity index (χ4n) is 3.52. The molecular weight excluding hydrogens is 458 g/mol. The molecule has 2 aliphatic rings. The molecule has 8 nitrogen and oxygen atoms in total. The zero-order chi connectivity index (χ0) is 21.8. The Morgan fingerprint density at radius 1 is 1.23 bits per heavy atom. The standard InChI is InChI=1S/C20H25N3O5S3/c1-29-11-8-15(19(24)22-20-21-14-4-2-3-5-18(14)30-20)23-31(25,26)13-6-7-16-17(12-13)28-10-9-27-16/h6-7,12,15,23H,2-5,8-11H2,1H3,(H,21,22,24). The van der Waals surface area contributed by atoms with E-state index in [1.807, 2.05) is 6.26 Å². The van der Waals surface area contributed by atoms with Gasteiger partial charge in [-0.3, -0.25) is 4.79 Å². The summed E-state index contributed by atoms with van der Waals surface area (Å²) >= 11 is 3.03. The van der Waals surface area contributed by atoms with Crippen LogP contribution in [0.3, 0.4) is 0 Å². The van der Waals surface area contributed by atoms with Gasteiger partial charge in [0.15, 0.2) is 16.6 Å². The Morgan fingerprint density at radius 2 is 2.00 bits per heavy atom. The van der Waals surface area contributed by atoms with Crippen molar-refractivity contribution in [2.45, 2.75) is 43.0 Å². The highest BCUT2D eigenvalue weighted by molar-refractivity contribution is 7.98. The molecule has 1 amide bonds. The first-order valence-corrected chi connectivity index (χ1v) is 13.9. The molecule has 1 aliphatic carbocycles. The summed E-state index contributed by atoms with van der Waals surface area (Å²) in [7, 11) is -3.94. The van der Waals surface area contributed by atoms with E-state index in [1.54, 1.807) is 17.8 Å². The zero-order valence-corrected chi connectivity index (χ0v) is 19.6. The number of benzene rings is 1. The number of aryl methyl sites for hydroxylation is 2. The number of thioether (sulfide) groups is 1. The number of rotatable bonds is 8. The molecule has 4 rings (SSSR count). The van der Waals surface area contributed by atoms with Crippen molar-refractivity contribution in [3.8, 4) is 11.5 Å². The largest absolute Gasteiger partial charge is 0.486 e. The van der Waals surface area contributed by atoms with Crippen LogP contribution in [0.25, 0.3) is 0 Å². The molecule has 0 bridgehead atoms. The van der Waals surface area contributed by atoms with Gasteiger partial charge >= 0.3 is 0 Å². The van der Waals surface area contributed by atoms with E-state index in [0.29, 0.717) is 42.0 Å².